The van der Waals surface area contributed by atoms with Crippen molar-refractivity contribution in [3.8, 4) is 17.2 Å². The maximum absolute atomic E-state index is 13.1. The molecule has 0 radical (unpaired) electrons. The second-order valence-electron chi connectivity index (χ2n) is 16.0. The molecular formula is C35H54N6O4Si2. The number of piperidine rings is 1. The van der Waals surface area contributed by atoms with E-state index in [2.05, 4.69) is 56.3 Å². The standard InChI is InChI=1S/C35H54N6O4Si2/c1-35(2,3)45-34(42)39-16-10-11-29(24-39)31-21-32(40(25-43-17-19-46(4,5)6)26-44-18-20-47(7,8)9)41-33(38-31)30(23-37-41)28-14-12-27(22-36)13-15-28/h12-15,21,23,29H,10-11,16-20,24-26H2,1-9H3. The third-order valence-corrected chi connectivity index (χ3v) is 11.5. The zero-order chi connectivity index (χ0) is 34.4. The number of hydrogen-bond acceptors (Lipinski definition) is 8. The summed E-state index contributed by atoms with van der Waals surface area (Å²) in [5.41, 5.74) is 3.44. The van der Waals surface area contributed by atoms with Crippen LogP contribution in [0.25, 0.3) is 16.8 Å². The minimum atomic E-state index is -1.27. The highest BCUT2D eigenvalue weighted by Gasteiger charge is 2.30. The van der Waals surface area contributed by atoms with Crippen LogP contribution in [0.3, 0.4) is 0 Å². The molecule has 1 amide bonds. The fourth-order valence-electron chi connectivity index (χ4n) is 5.31. The van der Waals surface area contributed by atoms with Gasteiger partial charge in [0.1, 0.15) is 24.9 Å². The van der Waals surface area contributed by atoms with Crippen molar-refractivity contribution in [3.05, 3.63) is 47.8 Å². The van der Waals surface area contributed by atoms with E-state index in [9.17, 15) is 10.1 Å². The number of carbonyl (C=O) groups is 1. The molecule has 47 heavy (non-hydrogen) atoms. The van der Waals surface area contributed by atoms with Crippen LogP contribution in [-0.2, 0) is 14.2 Å². The molecule has 12 heteroatoms. The van der Waals surface area contributed by atoms with Gasteiger partial charge in [0.25, 0.3) is 0 Å². The summed E-state index contributed by atoms with van der Waals surface area (Å²) < 4.78 is 20.2. The van der Waals surface area contributed by atoms with Gasteiger partial charge in [0.15, 0.2) is 5.65 Å². The average molecular weight is 679 g/mol. The van der Waals surface area contributed by atoms with E-state index in [-0.39, 0.29) is 12.0 Å². The summed E-state index contributed by atoms with van der Waals surface area (Å²) in [5, 5.41) is 14.2. The fraction of sp³-hybridized carbons (Fsp3) is 0.600. The Kier molecular flexibility index (Phi) is 11.9. The molecule has 4 rings (SSSR count). The van der Waals surface area contributed by atoms with Gasteiger partial charge in [-0.1, -0.05) is 51.4 Å². The van der Waals surface area contributed by atoms with Crippen LogP contribution in [0.4, 0.5) is 10.6 Å². The molecule has 1 unspecified atom stereocenters. The quantitative estimate of drug-likeness (QED) is 0.102. The third-order valence-electron chi connectivity index (χ3n) is 8.10. The van der Waals surface area contributed by atoms with E-state index in [1.807, 2.05) is 55.7 Å². The van der Waals surface area contributed by atoms with Crippen LogP contribution >= 0.6 is 0 Å². The first kappa shape index (κ1) is 36.6. The van der Waals surface area contributed by atoms with Crippen molar-refractivity contribution in [2.45, 2.75) is 96.5 Å². The largest absolute Gasteiger partial charge is 0.444 e. The Labute approximate surface area is 283 Å². The van der Waals surface area contributed by atoms with Crippen molar-refractivity contribution in [1.82, 2.24) is 19.5 Å². The molecule has 1 atom stereocenters. The number of hydrogen-bond donors (Lipinski definition) is 0. The number of benzene rings is 1. The van der Waals surface area contributed by atoms with Gasteiger partial charge in [-0.3, -0.25) is 0 Å². The predicted octanol–water partition coefficient (Wildman–Crippen LogP) is 7.81. The SMILES string of the molecule is CC(C)(C)OC(=O)N1CCCC(c2cc(N(COCC[Si](C)(C)C)COCC[Si](C)(C)C)n3ncc(-c4ccc(C#N)cc4)c3n2)C1. The third kappa shape index (κ3) is 10.9. The van der Waals surface area contributed by atoms with Crippen molar-refractivity contribution < 1.29 is 19.0 Å². The summed E-state index contributed by atoms with van der Waals surface area (Å²) in [6.45, 7) is 23.1. The number of ether oxygens (including phenoxy) is 3. The molecule has 1 fully saturated rings. The van der Waals surface area contributed by atoms with Gasteiger partial charge in [0, 0.05) is 60.0 Å². The van der Waals surface area contributed by atoms with Crippen LogP contribution in [0.15, 0.2) is 36.5 Å². The predicted molar refractivity (Wildman–Crippen MR) is 193 cm³/mol. The number of nitriles is 1. The Morgan fingerprint density at radius 3 is 2.19 bits per heavy atom. The summed E-state index contributed by atoms with van der Waals surface area (Å²) in [7, 11) is -2.54. The van der Waals surface area contributed by atoms with Crippen LogP contribution in [0.2, 0.25) is 51.4 Å². The van der Waals surface area contributed by atoms with Crippen LogP contribution < -0.4 is 4.90 Å². The van der Waals surface area contributed by atoms with E-state index >= 15 is 0 Å². The molecule has 1 saturated heterocycles. The zero-order valence-electron chi connectivity index (χ0n) is 29.9. The Hall–Kier alpha value is -3.25. The van der Waals surface area contributed by atoms with Crippen LogP contribution in [-0.4, -0.2) is 87.1 Å². The Balaban J connectivity index is 1.74. The number of rotatable bonds is 13. The van der Waals surface area contributed by atoms with Crippen LogP contribution in [0.1, 0.15) is 50.8 Å². The van der Waals surface area contributed by atoms with E-state index in [0.717, 1.165) is 47.6 Å². The zero-order valence-corrected chi connectivity index (χ0v) is 31.9. The van der Waals surface area contributed by atoms with Crippen molar-refractivity contribution >= 4 is 33.7 Å². The minimum Gasteiger partial charge on any atom is -0.444 e. The van der Waals surface area contributed by atoms with E-state index < -0.39 is 21.7 Å². The van der Waals surface area contributed by atoms with Crippen molar-refractivity contribution in [2.75, 3.05) is 44.7 Å². The van der Waals surface area contributed by atoms with E-state index in [1.54, 1.807) is 4.90 Å². The molecule has 256 valence electrons. The summed E-state index contributed by atoms with van der Waals surface area (Å²) >= 11 is 0. The maximum atomic E-state index is 13.1. The monoisotopic (exact) mass is 678 g/mol. The molecule has 0 saturated carbocycles. The summed E-state index contributed by atoms with van der Waals surface area (Å²) in [6, 6.07) is 13.9. The summed E-state index contributed by atoms with van der Waals surface area (Å²) in [5.74, 6) is 0.853. The maximum Gasteiger partial charge on any atom is 0.410 e. The lowest BCUT2D eigenvalue weighted by Gasteiger charge is -2.34. The summed E-state index contributed by atoms with van der Waals surface area (Å²) in [4.78, 5) is 22.2. The van der Waals surface area contributed by atoms with Gasteiger partial charge in [-0.05, 0) is 63.4 Å². The van der Waals surface area contributed by atoms with Crippen molar-refractivity contribution in [1.29, 1.82) is 5.26 Å². The molecule has 0 aliphatic carbocycles. The number of likely N-dealkylation sites (tertiary alicyclic amines) is 1. The molecule has 1 aliphatic heterocycles. The molecule has 0 N–H and O–H groups in total. The Morgan fingerprint density at radius 2 is 1.64 bits per heavy atom. The highest BCUT2D eigenvalue weighted by Crippen LogP contribution is 2.33. The van der Waals surface area contributed by atoms with Gasteiger partial charge < -0.3 is 24.0 Å². The first-order chi connectivity index (χ1) is 22.0. The first-order valence-corrected chi connectivity index (χ1v) is 24.2. The highest BCUT2D eigenvalue weighted by molar-refractivity contribution is 6.76. The topological polar surface area (TPSA) is 105 Å². The van der Waals surface area contributed by atoms with Crippen molar-refractivity contribution in [2.24, 2.45) is 0 Å². The molecule has 2 aromatic heterocycles. The highest BCUT2D eigenvalue weighted by atomic mass is 28.3. The number of anilines is 1. The second-order valence-corrected chi connectivity index (χ2v) is 27.3. The first-order valence-electron chi connectivity index (χ1n) is 16.8. The molecule has 1 aliphatic rings. The van der Waals surface area contributed by atoms with E-state index in [0.29, 0.717) is 51.0 Å². The van der Waals surface area contributed by atoms with Gasteiger partial charge in [-0.25, -0.2) is 9.78 Å². The molecule has 3 aromatic rings. The number of amides is 1. The average Bonchev–Trinajstić information content (AvgIpc) is 3.42. The molecular weight excluding hydrogens is 625 g/mol. The second kappa shape index (κ2) is 15.3. The van der Waals surface area contributed by atoms with Gasteiger partial charge in [-0.15, -0.1) is 0 Å². The van der Waals surface area contributed by atoms with Crippen LogP contribution in [0.5, 0.6) is 0 Å². The minimum absolute atomic E-state index is 0.0196. The number of fused-ring (bicyclic) bond motifs is 1. The normalized spacial score (nSPS) is 15.9. The number of aromatic nitrogens is 3. The summed E-state index contributed by atoms with van der Waals surface area (Å²) in [6.07, 6.45) is 3.30. The molecule has 0 spiro atoms. The Morgan fingerprint density at radius 1 is 1.02 bits per heavy atom. The lowest BCUT2D eigenvalue weighted by Crippen LogP contribution is -2.42. The number of nitrogens with zero attached hydrogens (tertiary/aromatic N) is 6. The fourth-order valence-corrected chi connectivity index (χ4v) is 6.83. The van der Waals surface area contributed by atoms with Crippen LogP contribution in [0, 0.1) is 11.3 Å². The molecule has 3 heterocycles. The van der Waals surface area contributed by atoms with Gasteiger partial charge in [0.05, 0.1) is 23.5 Å². The lowest BCUT2D eigenvalue weighted by molar-refractivity contribution is 0.0197. The number of carbonyl (C=O) groups excluding carboxylic acids is 1. The molecule has 0 bridgehead atoms. The van der Waals surface area contributed by atoms with E-state index in [4.69, 9.17) is 24.3 Å². The lowest BCUT2D eigenvalue weighted by atomic mass is 9.94. The molecule has 10 nitrogen and oxygen atoms in total. The van der Waals surface area contributed by atoms with Gasteiger partial charge in [-0.2, -0.15) is 14.9 Å². The Bertz CT molecular complexity index is 1510. The smallest absolute Gasteiger partial charge is 0.410 e. The van der Waals surface area contributed by atoms with E-state index in [1.165, 1.54) is 0 Å². The molecule has 1 aromatic carbocycles. The van der Waals surface area contributed by atoms with Gasteiger partial charge in [0.2, 0.25) is 0 Å². The van der Waals surface area contributed by atoms with Crippen molar-refractivity contribution in [3.63, 3.8) is 0 Å². The van der Waals surface area contributed by atoms with Gasteiger partial charge >= 0.3 is 6.09 Å².